The zero-order chi connectivity index (χ0) is 18.4. The molecule has 0 spiro atoms. The number of carbonyl (C=O) groups excluding carboxylic acids is 1. The van der Waals surface area contributed by atoms with Crippen LogP contribution in [0.3, 0.4) is 0 Å². The average Bonchev–Trinajstić information content (AvgIpc) is 2.61. The second-order valence-electron chi connectivity index (χ2n) is 6.59. The Morgan fingerprint density at radius 3 is 2.04 bits per heavy atom. The molecule has 0 aliphatic carbocycles. The second kappa shape index (κ2) is 8.06. The molecule has 0 unspecified atom stereocenters. The number of aryl methyl sites for hydroxylation is 2. The van der Waals surface area contributed by atoms with Gasteiger partial charge < -0.3 is 15.4 Å². The second-order valence-corrected chi connectivity index (χ2v) is 6.59. The smallest absolute Gasteiger partial charge is 0.319 e. The Labute approximate surface area is 150 Å². The first kappa shape index (κ1) is 18.8. The molecule has 134 valence electrons. The maximum Gasteiger partial charge on any atom is 0.319 e. The van der Waals surface area contributed by atoms with E-state index in [1.54, 1.807) is 7.11 Å². The third kappa shape index (κ3) is 4.53. The Morgan fingerprint density at radius 2 is 1.56 bits per heavy atom. The molecule has 0 bridgehead atoms. The van der Waals surface area contributed by atoms with Gasteiger partial charge in [0.2, 0.25) is 0 Å². The number of hydrogen-bond donors (Lipinski definition) is 2. The molecule has 0 fully saturated rings. The SMILES string of the molecule is CCc1cccc(CC)c1NC(=O)NC(C)(C)c1ccc(OC)cc1. The number of benzene rings is 2. The lowest BCUT2D eigenvalue weighted by Crippen LogP contribution is -2.43. The van der Waals surface area contributed by atoms with Gasteiger partial charge in [-0.1, -0.05) is 44.2 Å². The molecule has 4 nitrogen and oxygen atoms in total. The Kier molecular flexibility index (Phi) is 6.07. The number of nitrogens with one attached hydrogen (secondary N) is 2. The molecule has 0 aromatic heterocycles. The number of hydrogen-bond acceptors (Lipinski definition) is 2. The van der Waals surface area contributed by atoms with E-state index in [9.17, 15) is 4.79 Å². The van der Waals surface area contributed by atoms with Gasteiger partial charge in [0.15, 0.2) is 0 Å². The largest absolute Gasteiger partial charge is 0.497 e. The fourth-order valence-electron chi connectivity index (χ4n) is 2.91. The van der Waals surface area contributed by atoms with Crippen molar-refractivity contribution in [3.63, 3.8) is 0 Å². The highest BCUT2D eigenvalue weighted by atomic mass is 16.5. The van der Waals surface area contributed by atoms with Crippen LogP contribution in [0.4, 0.5) is 10.5 Å². The first-order chi connectivity index (χ1) is 11.9. The molecular weight excluding hydrogens is 312 g/mol. The maximum absolute atomic E-state index is 12.6. The van der Waals surface area contributed by atoms with E-state index in [-0.39, 0.29) is 6.03 Å². The minimum absolute atomic E-state index is 0.198. The van der Waals surface area contributed by atoms with Crippen LogP contribution in [0, 0.1) is 0 Å². The molecule has 4 heteroatoms. The summed E-state index contributed by atoms with van der Waals surface area (Å²) >= 11 is 0. The van der Waals surface area contributed by atoms with Crippen LogP contribution in [0.1, 0.15) is 44.4 Å². The molecule has 0 aliphatic rings. The fourth-order valence-corrected chi connectivity index (χ4v) is 2.91. The molecule has 2 rings (SSSR count). The van der Waals surface area contributed by atoms with E-state index in [1.807, 2.05) is 44.2 Å². The topological polar surface area (TPSA) is 50.4 Å². The van der Waals surface area contributed by atoms with Crippen molar-refractivity contribution in [2.75, 3.05) is 12.4 Å². The molecule has 0 heterocycles. The molecule has 2 aromatic carbocycles. The van der Waals surface area contributed by atoms with Gasteiger partial charge in [0, 0.05) is 5.69 Å². The van der Waals surface area contributed by atoms with Crippen molar-refractivity contribution in [1.82, 2.24) is 5.32 Å². The summed E-state index contributed by atoms with van der Waals surface area (Å²) < 4.78 is 5.19. The molecule has 0 atom stereocenters. The zero-order valence-electron chi connectivity index (χ0n) is 15.8. The Bertz CT molecular complexity index is 699. The van der Waals surface area contributed by atoms with Gasteiger partial charge in [0.25, 0.3) is 0 Å². The maximum atomic E-state index is 12.6. The summed E-state index contributed by atoms with van der Waals surface area (Å²) in [6.45, 7) is 8.17. The molecular formula is C21H28N2O2. The summed E-state index contributed by atoms with van der Waals surface area (Å²) in [6.07, 6.45) is 1.76. The van der Waals surface area contributed by atoms with Crippen LogP contribution in [-0.4, -0.2) is 13.1 Å². The lowest BCUT2D eigenvalue weighted by molar-refractivity contribution is 0.242. The highest BCUT2D eigenvalue weighted by Gasteiger charge is 2.23. The Balaban J connectivity index is 2.16. The van der Waals surface area contributed by atoms with Crippen LogP contribution < -0.4 is 15.4 Å². The molecule has 2 N–H and O–H groups in total. The highest BCUT2D eigenvalue weighted by Crippen LogP contribution is 2.25. The van der Waals surface area contributed by atoms with Crippen molar-refractivity contribution in [1.29, 1.82) is 0 Å². The van der Waals surface area contributed by atoms with Crippen molar-refractivity contribution in [3.8, 4) is 5.75 Å². The molecule has 2 aromatic rings. The van der Waals surface area contributed by atoms with Gasteiger partial charge in [0.05, 0.1) is 12.6 Å². The summed E-state index contributed by atoms with van der Waals surface area (Å²) in [4.78, 5) is 12.6. The van der Waals surface area contributed by atoms with Gasteiger partial charge in [-0.2, -0.15) is 0 Å². The quantitative estimate of drug-likeness (QED) is 0.787. The summed E-state index contributed by atoms with van der Waals surface area (Å²) in [5, 5.41) is 6.12. The van der Waals surface area contributed by atoms with E-state index in [1.165, 1.54) is 0 Å². The van der Waals surface area contributed by atoms with E-state index < -0.39 is 5.54 Å². The minimum Gasteiger partial charge on any atom is -0.497 e. The average molecular weight is 340 g/mol. The van der Waals surface area contributed by atoms with Crippen LogP contribution in [-0.2, 0) is 18.4 Å². The monoisotopic (exact) mass is 340 g/mol. The van der Waals surface area contributed by atoms with Gasteiger partial charge in [-0.25, -0.2) is 4.79 Å². The number of urea groups is 1. The van der Waals surface area contributed by atoms with Gasteiger partial charge in [0.1, 0.15) is 5.75 Å². The summed E-state index contributed by atoms with van der Waals surface area (Å²) in [5.74, 6) is 0.800. The number of methoxy groups -OCH3 is 1. The number of amides is 2. The first-order valence-electron chi connectivity index (χ1n) is 8.75. The first-order valence-corrected chi connectivity index (χ1v) is 8.75. The number of anilines is 1. The number of para-hydroxylation sites is 1. The van der Waals surface area contributed by atoms with Crippen LogP contribution in [0.5, 0.6) is 5.75 Å². The molecule has 0 radical (unpaired) electrons. The van der Waals surface area contributed by atoms with Crippen LogP contribution >= 0.6 is 0 Å². The zero-order valence-corrected chi connectivity index (χ0v) is 15.8. The lowest BCUT2D eigenvalue weighted by Gasteiger charge is -2.28. The van der Waals surface area contributed by atoms with Crippen molar-refractivity contribution < 1.29 is 9.53 Å². The standard InChI is InChI=1S/C21H28N2O2/c1-6-15-9-8-10-16(7-2)19(15)22-20(24)23-21(3,4)17-11-13-18(25-5)14-12-17/h8-14H,6-7H2,1-5H3,(H2,22,23,24). The Hall–Kier alpha value is -2.49. The number of carbonyl (C=O) groups is 1. The van der Waals surface area contributed by atoms with Crippen LogP contribution in [0.2, 0.25) is 0 Å². The number of ether oxygens (including phenoxy) is 1. The number of rotatable bonds is 6. The van der Waals surface area contributed by atoms with E-state index >= 15 is 0 Å². The third-order valence-corrected chi connectivity index (χ3v) is 4.48. The van der Waals surface area contributed by atoms with Crippen LogP contribution in [0.15, 0.2) is 42.5 Å². The molecule has 25 heavy (non-hydrogen) atoms. The molecule has 0 aliphatic heterocycles. The van der Waals surface area contributed by atoms with Gasteiger partial charge in [-0.05, 0) is 55.5 Å². The van der Waals surface area contributed by atoms with E-state index in [4.69, 9.17) is 4.74 Å². The van der Waals surface area contributed by atoms with E-state index in [0.717, 1.165) is 41.0 Å². The lowest BCUT2D eigenvalue weighted by atomic mass is 9.94. The van der Waals surface area contributed by atoms with E-state index in [0.29, 0.717) is 0 Å². The highest BCUT2D eigenvalue weighted by molar-refractivity contribution is 5.91. The van der Waals surface area contributed by atoms with Crippen molar-refractivity contribution in [2.45, 2.75) is 46.1 Å². The van der Waals surface area contributed by atoms with Gasteiger partial charge >= 0.3 is 6.03 Å². The minimum atomic E-state index is -0.496. The summed E-state index contributed by atoms with van der Waals surface area (Å²) in [5.41, 5.74) is 3.75. The van der Waals surface area contributed by atoms with Crippen LogP contribution in [0.25, 0.3) is 0 Å². The Morgan fingerprint density at radius 1 is 1.00 bits per heavy atom. The molecule has 0 saturated carbocycles. The third-order valence-electron chi connectivity index (χ3n) is 4.48. The fraction of sp³-hybridized carbons (Fsp3) is 0.381. The van der Waals surface area contributed by atoms with Crippen molar-refractivity contribution in [3.05, 3.63) is 59.2 Å². The van der Waals surface area contributed by atoms with Gasteiger partial charge in [-0.15, -0.1) is 0 Å². The summed E-state index contributed by atoms with van der Waals surface area (Å²) in [6, 6.07) is 13.7. The van der Waals surface area contributed by atoms with Crippen molar-refractivity contribution in [2.24, 2.45) is 0 Å². The predicted molar refractivity (Wildman–Crippen MR) is 103 cm³/mol. The predicted octanol–water partition coefficient (Wildman–Crippen LogP) is 4.88. The van der Waals surface area contributed by atoms with E-state index in [2.05, 4.69) is 36.6 Å². The summed E-state index contributed by atoms with van der Waals surface area (Å²) in [7, 11) is 1.64. The van der Waals surface area contributed by atoms with Crippen molar-refractivity contribution >= 4 is 11.7 Å². The normalized spacial score (nSPS) is 11.1. The van der Waals surface area contributed by atoms with Gasteiger partial charge in [-0.3, -0.25) is 0 Å². The molecule has 0 saturated heterocycles. The molecule has 2 amide bonds.